The van der Waals surface area contributed by atoms with Gasteiger partial charge in [0, 0.05) is 13.1 Å². The van der Waals surface area contributed by atoms with Gasteiger partial charge in [-0.15, -0.1) is 0 Å². The second-order valence-electron chi connectivity index (χ2n) is 2.94. The molecule has 0 amide bonds. The van der Waals surface area contributed by atoms with Crippen LogP contribution in [0.15, 0.2) is 22.4 Å². The zero-order valence-electron chi connectivity index (χ0n) is 7.35. The predicted molar refractivity (Wildman–Crippen MR) is 47.6 cm³/mol. The Balaban J connectivity index is 3.20. The topological polar surface area (TPSA) is 77.8 Å². The first-order valence-corrected chi connectivity index (χ1v) is 5.05. The maximum atomic E-state index is 10.8. The van der Waals surface area contributed by atoms with Crippen LogP contribution in [-0.2, 0) is 10.1 Å². The Morgan fingerprint density at radius 3 is 2.54 bits per heavy atom. The lowest BCUT2D eigenvalue weighted by atomic mass is 10.2. The van der Waals surface area contributed by atoms with Gasteiger partial charge in [-0.25, -0.2) is 0 Å². The Morgan fingerprint density at radius 2 is 2.08 bits per heavy atom. The molecular weight excluding hydrogens is 194 g/mol. The van der Waals surface area contributed by atoms with Gasteiger partial charge in [-0.3, -0.25) is 4.55 Å². The van der Waals surface area contributed by atoms with E-state index in [-0.39, 0.29) is 17.3 Å². The van der Waals surface area contributed by atoms with Crippen LogP contribution < -0.4 is 0 Å². The smallest absolute Gasteiger partial charge is 0.292 e. The monoisotopic (exact) mass is 205 g/mol. The minimum Gasteiger partial charge on any atom is -0.495 e. The van der Waals surface area contributed by atoms with Crippen LogP contribution >= 0.6 is 0 Å². The molecule has 0 saturated carbocycles. The first-order chi connectivity index (χ1) is 5.82. The van der Waals surface area contributed by atoms with Crippen molar-refractivity contribution in [3.05, 3.63) is 22.4 Å². The lowest BCUT2D eigenvalue weighted by molar-refractivity contribution is 0.241. The van der Waals surface area contributed by atoms with Crippen molar-refractivity contribution in [2.75, 3.05) is 13.6 Å². The zero-order valence-corrected chi connectivity index (χ0v) is 8.17. The molecule has 0 aliphatic carbocycles. The number of allylic oxidation sites excluding steroid dienone is 2. The Labute approximate surface area is 76.7 Å². The summed E-state index contributed by atoms with van der Waals surface area (Å²) in [4.78, 5) is 1.25. The molecule has 0 aromatic carbocycles. The van der Waals surface area contributed by atoms with E-state index in [1.165, 1.54) is 24.9 Å². The van der Waals surface area contributed by atoms with E-state index in [9.17, 15) is 13.5 Å². The van der Waals surface area contributed by atoms with Crippen molar-refractivity contribution in [3.63, 3.8) is 0 Å². The van der Waals surface area contributed by atoms with E-state index in [2.05, 4.69) is 0 Å². The largest absolute Gasteiger partial charge is 0.495 e. The second-order valence-corrected chi connectivity index (χ2v) is 4.38. The molecule has 0 atom stereocenters. The van der Waals surface area contributed by atoms with Crippen molar-refractivity contribution in [3.8, 4) is 0 Å². The van der Waals surface area contributed by atoms with Crippen molar-refractivity contribution in [2.24, 2.45) is 0 Å². The van der Waals surface area contributed by atoms with E-state index in [4.69, 9.17) is 4.55 Å². The van der Waals surface area contributed by atoms with Gasteiger partial charge in [-0.1, -0.05) is 0 Å². The highest BCUT2D eigenvalue weighted by molar-refractivity contribution is 7.89. The summed E-state index contributed by atoms with van der Waals surface area (Å²) in [5.74, 6) is -0.00935. The van der Waals surface area contributed by atoms with Crippen LogP contribution in [0.1, 0.15) is 6.92 Å². The molecular formula is C7H11NO4S. The first kappa shape index (κ1) is 10.1. The highest BCUT2D eigenvalue weighted by Gasteiger charge is 2.23. The van der Waals surface area contributed by atoms with Crippen molar-refractivity contribution in [1.82, 2.24) is 4.90 Å². The Bertz CT molecular complexity index is 379. The summed E-state index contributed by atoms with van der Waals surface area (Å²) >= 11 is 0. The normalized spacial score (nSPS) is 19.0. The molecule has 1 rings (SSSR count). The predicted octanol–water partition coefficient (Wildman–Crippen LogP) is 0.493. The van der Waals surface area contributed by atoms with Crippen molar-refractivity contribution in [1.29, 1.82) is 0 Å². The third kappa shape index (κ3) is 2.02. The fourth-order valence-electron chi connectivity index (χ4n) is 1.09. The molecule has 1 heterocycles. The van der Waals surface area contributed by atoms with Crippen LogP contribution in [0.5, 0.6) is 0 Å². The van der Waals surface area contributed by atoms with Gasteiger partial charge in [0.15, 0.2) is 5.88 Å². The summed E-state index contributed by atoms with van der Waals surface area (Å²) in [5.41, 5.74) is 0.359. The SMILES string of the molecule is CC1=C(S(=O)(=O)O)CN(C)C(O)=C1. The average Bonchev–Trinajstić information content (AvgIpc) is 1.94. The molecule has 13 heavy (non-hydrogen) atoms. The quantitative estimate of drug-likeness (QED) is 0.609. The average molecular weight is 205 g/mol. The molecule has 0 aromatic heterocycles. The third-order valence-corrected chi connectivity index (χ3v) is 2.94. The molecule has 1 aliphatic heterocycles. The number of hydrogen-bond acceptors (Lipinski definition) is 4. The van der Waals surface area contributed by atoms with E-state index in [1.807, 2.05) is 0 Å². The molecule has 0 bridgehead atoms. The Morgan fingerprint density at radius 1 is 1.54 bits per heavy atom. The molecule has 2 N–H and O–H groups in total. The molecule has 0 unspecified atom stereocenters. The highest BCUT2D eigenvalue weighted by Crippen LogP contribution is 2.20. The fourth-order valence-corrected chi connectivity index (χ4v) is 1.91. The van der Waals surface area contributed by atoms with E-state index < -0.39 is 10.1 Å². The summed E-state index contributed by atoms with van der Waals surface area (Å²) in [6.07, 6.45) is 1.30. The van der Waals surface area contributed by atoms with Gasteiger partial charge in [0.1, 0.15) is 0 Å². The van der Waals surface area contributed by atoms with Crippen molar-refractivity contribution >= 4 is 10.1 Å². The van der Waals surface area contributed by atoms with E-state index in [1.54, 1.807) is 0 Å². The molecule has 0 aromatic rings. The third-order valence-electron chi connectivity index (χ3n) is 1.87. The number of aliphatic hydroxyl groups excluding tert-OH is 1. The minimum atomic E-state index is -4.15. The summed E-state index contributed by atoms with van der Waals surface area (Å²) in [5, 5.41) is 9.21. The minimum absolute atomic E-state index is 0.00694. The standard InChI is InChI=1S/C7H11NO4S/c1-5-3-7(9)8(2)4-6(5)13(10,11)12/h3,9H,4H2,1-2H3,(H,10,11,12). The van der Waals surface area contributed by atoms with Crippen LogP contribution in [0.2, 0.25) is 0 Å². The molecule has 5 nitrogen and oxygen atoms in total. The van der Waals surface area contributed by atoms with Crippen LogP contribution in [0.25, 0.3) is 0 Å². The summed E-state index contributed by atoms with van der Waals surface area (Å²) in [7, 11) is -2.62. The Hall–Kier alpha value is -1.01. The van der Waals surface area contributed by atoms with Crippen molar-refractivity contribution in [2.45, 2.75) is 6.92 Å². The van der Waals surface area contributed by atoms with Gasteiger partial charge < -0.3 is 10.0 Å². The first-order valence-electron chi connectivity index (χ1n) is 3.61. The maximum Gasteiger partial charge on any atom is 0.292 e. The number of nitrogens with zero attached hydrogens (tertiary/aromatic N) is 1. The summed E-state index contributed by atoms with van der Waals surface area (Å²) in [6, 6.07) is 0. The molecule has 1 aliphatic rings. The van der Waals surface area contributed by atoms with Crippen LogP contribution in [0.4, 0.5) is 0 Å². The zero-order chi connectivity index (χ0) is 10.2. The van der Waals surface area contributed by atoms with E-state index in [0.717, 1.165) is 0 Å². The molecule has 6 heteroatoms. The number of likely N-dealkylation sites (N-methyl/N-ethyl adjacent to an activating group) is 1. The van der Waals surface area contributed by atoms with Crippen LogP contribution in [0.3, 0.4) is 0 Å². The maximum absolute atomic E-state index is 10.8. The van der Waals surface area contributed by atoms with Crippen molar-refractivity contribution < 1.29 is 18.1 Å². The highest BCUT2D eigenvalue weighted by atomic mass is 32.2. The van der Waals surface area contributed by atoms with Gasteiger partial charge in [-0.2, -0.15) is 8.42 Å². The van der Waals surface area contributed by atoms with Gasteiger partial charge in [0.2, 0.25) is 0 Å². The summed E-state index contributed by atoms with van der Waals surface area (Å²) in [6.45, 7) is 1.51. The van der Waals surface area contributed by atoms with Gasteiger partial charge in [-0.05, 0) is 12.5 Å². The van der Waals surface area contributed by atoms with Crippen LogP contribution in [0, 0.1) is 0 Å². The van der Waals surface area contributed by atoms with E-state index in [0.29, 0.717) is 5.57 Å². The molecule has 0 fully saturated rings. The number of rotatable bonds is 1. The van der Waals surface area contributed by atoms with Gasteiger partial charge >= 0.3 is 0 Å². The molecule has 0 spiro atoms. The van der Waals surface area contributed by atoms with Gasteiger partial charge in [0.05, 0.1) is 11.4 Å². The fraction of sp³-hybridized carbons (Fsp3) is 0.429. The van der Waals surface area contributed by atoms with Crippen LogP contribution in [-0.4, -0.2) is 36.6 Å². The Kier molecular flexibility index (Phi) is 2.36. The van der Waals surface area contributed by atoms with Gasteiger partial charge in [0.25, 0.3) is 10.1 Å². The number of hydrogen-bond donors (Lipinski definition) is 2. The molecule has 0 saturated heterocycles. The summed E-state index contributed by atoms with van der Waals surface area (Å²) < 4.78 is 30.4. The molecule has 74 valence electrons. The molecule has 0 radical (unpaired) electrons. The lowest BCUT2D eigenvalue weighted by Gasteiger charge is -2.23. The number of aliphatic hydroxyl groups is 1. The second kappa shape index (κ2) is 3.04. The lowest BCUT2D eigenvalue weighted by Crippen LogP contribution is -2.27. The van der Waals surface area contributed by atoms with E-state index >= 15 is 0 Å².